The summed E-state index contributed by atoms with van der Waals surface area (Å²) in [5, 5.41) is 0. The molecule has 1 nitrogen and oxygen atoms in total. The highest BCUT2D eigenvalue weighted by atomic mass is 32.2. The van der Waals surface area contributed by atoms with Crippen molar-refractivity contribution < 1.29 is 4.79 Å². The van der Waals surface area contributed by atoms with E-state index in [0.29, 0.717) is 6.42 Å². The molecule has 110 valence electrons. The molecule has 0 aromatic heterocycles. The van der Waals surface area contributed by atoms with Crippen LogP contribution in [0.5, 0.6) is 0 Å². The highest BCUT2D eigenvalue weighted by Gasteiger charge is 2.04. The van der Waals surface area contributed by atoms with E-state index in [1.807, 2.05) is 30.8 Å². The highest BCUT2D eigenvalue weighted by molar-refractivity contribution is 7.99. The lowest BCUT2D eigenvalue weighted by Crippen LogP contribution is -1.97. The lowest BCUT2D eigenvalue weighted by atomic mass is 10.1. The number of hydrogen-bond donors (Lipinski definition) is 0. The number of carbonyl (C=O) groups is 1. The minimum atomic E-state index is 0.248. The topological polar surface area (TPSA) is 17.1 Å². The van der Waals surface area contributed by atoms with Crippen molar-refractivity contribution in [3.63, 3.8) is 0 Å². The van der Waals surface area contributed by atoms with E-state index < -0.39 is 0 Å². The van der Waals surface area contributed by atoms with Crippen molar-refractivity contribution >= 4 is 17.5 Å². The number of thioether (sulfide) groups is 1. The Bertz CT molecular complexity index is 546. The first-order chi connectivity index (χ1) is 10.3. The van der Waals surface area contributed by atoms with Crippen molar-refractivity contribution in [3.8, 4) is 0 Å². The summed E-state index contributed by atoms with van der Waals surface area (Å²) < 4.78 is 0. The molecular weight excluding hydrogens is 276 g/mol. The first-order valence-corrected chi connectivity index (χ1v) is 8.58. The van der Waals surface area contributed by atoms with Gasteiger partial charge in [0.15, 0.2) is 5.78 Å². The quantitative estimate of drug-likeness (QED) is 0.369. The first-order valence-electron chi connectivity index (χ1n) is 7.59. The molecule has 2 aromatic carbocycles. The van der Waals surface area contributed by atoms with Gasteiger partial charge in [0.2, 0.25) is 0 Å². The molecular formula is C19H22OS. The molecule has 0 amide bonds. The van der Waals surface area contributed by atoms with Crippen LogP contribution in [0.2, 0.25) is 0 Å². The summed E-state index contributed by atoms with van der Waals surface area (Å²) in [7, 11) is 0. The number of ketones is 1. The summed E-state index contributed by atoms with van der Waals surface area (Å²) in [4.78, 5) is 13.0. The van der Waals surface area contributed by atoms with Gasteiger partial charge < -0.3 is 0 Å². The summed E-state index contributed by atoms with van der Waals surface area (Å²) >= 11 is 1.86. The van der Waals surface area contributed by atoms with Crippen molar-refractivity contribution in [1.82, 2.24) is 0 Å². The number of benzene rings is 2. The smallest absolute Gasteiger partial charge is 0.162 e. The second-order valence-corrected chi connectivity index (χ2v) is 6.30. The van der Waals surface area contributed by atoms with Gasteiger partial charge in [-0.15, -0.1) is 11.8 Å². The molecule has 2 rings (SSSR count). The molecule has 0 heterocycles. The predicted octanol–water partition coefficient (Wildman–Crippen LogP) is 5.39. The van der Waals surface area contributed by atoms with Gasteiger partial charge in [0.1, 0.15) is 0 Å². The third kappa shape index (κ3) is 5.39. The average molecular weight is 298 g/mol. The highest BCUT2D eigenvalue weighted by Crippen LogP contribution is 2.20. The van der Waals surface area contributed by atoms with Crippen molar-refractivity contribution in [2.75, 3.05) is 5.75 Å². The van der Waals surface area contributed by atoms with Crippen LogP contribution >= 0.6 is 11.8 Å². The third-order valence-electron chi connectivity index (χ3n) is 3.37. The van der Waals surface area contributed by atoms with E-state index in [0.717, 1.165) is 24.2 Å². The van der Waals surface area contributed by atoms with Crippen LogP contribution in [0.25, 0.3) is 0 Å². The molecule has 0 saturated heterocycles. The number of aryl methyl sites for hydroxylation is 1. The Labute approximate surface area is 131 Å². The van der Waals surface area contributed by atoms with Crippen molar-refractivity contribution in [1.29, 1.82) is 0 Å². The van der Waals surface area contributed by atoms with E-state index in [4.69, 9.17) is 0 Å². The fraction of sp³-hybridized carbons (Fsp3) is 0.316. The van der Waals surface area contributed by atoms with Crippen LogP contribution in [0.4, 0.5) is 0 Å². The van der Waals surface area contributed by atoms with Crippen molar-refractivity contribution in [3.05, 3.63) is 65.7 Å². The summed E-state index contributed by atoms with van der Waals surface area (Å²) in [5.74, 6) is 1.36. The number of Topliss-reactive ketones (excluding diaryl/α,β-unsaturated/α-hetero) is 1. The molecule has 0 aliphatic carbocycles. The van der Waals surface area contributed by atoms with Crippen LogP contribution in [0.15, 0.2) is 59.5 Å². The summed E-state index contributed by atoms with van der Waals surface area (Å²) in [6.07, 6.45) is 3.85. The molecule has 0 saturated carbocycles. The molecule has 0 aliphatic heterocycles. The molecule has 0 N–H and O–H groups in total. The van der Waals surface area contributed by atoms with Crippen LogP contribution in [0.1, 0.15) is 42.1 Å². The second kappa shape index (κ2) is 8.68. The number of carbonyl (C=O) groups excluding carboxylic acids is 1. The van der Waals surface area contributed by atoms with E-state index in [1.165, 1.54) is 16.9 Å². The first kappa shape index (κ1) is 15.8. The Balaban J connectivity index is 1.75. The second-order valence-electron chi connectivity index (χ2n) is 5.14. The minimum Gasteiger partial charge on any atom is -0.294 e. The van der Waals surface area contributed by atoms with Crippen LogP contribution in [-0.4, -0.2) is 11.5 Å². The summed E-state index contributed by atoms with van der Waals surface area (Å²) in [6.45, 7) is 2.04. The molecule has 0 radical (unpaired) electrons. The van der Waals surface area contributed by atoms with Gasteiger partial charge in [-0.05, 0) is 42.7 Å². The molecule has 0 atom stereocenters. The summed E-state index contributed by atoms with van der Waals surface area (Å²) in [6, 6.07) is 18.6. The van der Waals surface area contributed by atoms with Gasteiger partial charge >= 0.3 is 0 Å². The number of rotatable bonds is 8. The molecule has 0 spiro atoms. The van der Waals surface area contributed by atoms with Crippen molar-refractivity contribution in [2.45, 2.75) is 37.5 Å². The molecule has 0 aliphatic rings. The van der Waals surface area contributed by atoms with Gasteiger partial charge in [-0.1, -0.05) is 49.4 Å². The normalized spacial score (nSPS) is 10.5. The minimum absolute atomic E-state index is 0.248. The standard InChI is InChI=1S/C19H22OS/c1-2-7-19(20)17-11-13-18(14-12-17)21-15-6-10-16-8-4-3-5-9-16/h3-5,8-9,11-14H,2,6-7,10,15H2,1H3. The molecule has 21 heavy (non-hydrogen) atoms. The maximum Gasteiger partial charge on any atom is 0.162 e. The zero-order valence-electron chi connectivity index (χ0n) is 12.5. The molecule has 2 aromatic rings. The molecule has 2 heteroatoms. The third-order valence-corrected chi connectivity index (χ3v) is 4.47. The van der Waals surface area contributed by atoms with E-state index >= 15 is 0 Å². The van der Waals surface area contributed by atoms with Gasteiger partial charge in [-0.3, -0.25) is 4.79 Å². The Morgan fingerprint density at radius 1 is 1.00 bits per heavy atom. The van der Waals surface area contributed by atoms with Gasteiger partial charge in [0, 0.05) is 16.9 Å². The molecule has 0 fully saturated rings. The van der Waals surface area contributed by atoms with E-state index in [9.17, 15) is 4.79 Å². The Morgan fingerprint density at radius 2 is 1.71 bits per heavy atom. The van der Waals surface area contributed by atoms with Gasteiger partial charge in [0.05, 0.1) is 0 Å². The summed E-state index contributed by atoms with van der Waals surface area (Å²) in [5.41, 5.74) is 2.24. The lowest BCUT2D eigenvalue weighted by Gasteiger charge is -2.04. The van der Waals surface area contributed by atoms with Gasteiger partial charge in [-0.2, -0.15) is 0 Å². The lowest BCUT2D eigenvalue weighted by molar-refractivity contribution is 0.0981. The Kier molecular flexibility index (Phi) is 6.55. The van der Waals surface area contributed by atoms with Gasteiger partial charge in [-0.25, -0.2) is 0 Å². The van der Waals surface area contributed by atoms with Crippen LogP contribution in [0.3, 0.4) is 0 Å². The van der Waals surface area contributed by atoms with Crippen LogP contribution < -0.4 is 0 Å². The molecule has 0 unspecified atom stereocenters. The molecule has 0 bridgehead atoms. The Morgan fingerprint density at radius 3 is 2.38 bits per heavy atom. The largest absolute Gasteiger partial charge is 0.294 e. The van der Waals surface area contributed by atoms with Gasteiger partial charge in [0.25, 0.3) is 0 Å². The average Bonchev–Trinajstić information content (AvgIpc) is 2.53. The fourth-order valence-corrected chi connectivity index (χ4v) is 3.07. The van der Waals surface area contributed by atoms with Crippen LogP contribution in [-0.2, 0) is 6.42 Å². The zero-order valence-corrected chi connectivity index (χ0v) is 13.4. The monoisotopic (exact) mass is 298 g/mol. The fourth-order valence-electron chi connectivity index (χ4n) is 2.22. The predicted molar refractivity (Wildman–Crippen MR) is 91.2 cm³/mol. The van der Waals surface area contributed by atoms with E-state index in [2.05, 4.69) is 42.5 Å². The van der Waals surface area contributed by atoms with E-state index in [-0.39, 0.29) is 5.78 Å². The number of hydrogen-bond acceptors (Lipinski definition) is 2. The maximum atomic E-state index is 11.8. The SMILES string of the molecule is CCCC(=O)c1ccc(SCCCc2ccccc2)cc1. The van der Waals surface area contributed by atoms with Crippen molar-refractivity contribution in [2.24, 2.45) is 0 Å². The van der Waals surface area contributed by atoms with Crippen LogP contribution in [0, 0.1) is 0 Å². The zero-order chi connectivity index (χ0) is 14.9. The van der Waals surface area contributed by atoms with E-state index in [1.54, 1.807) is 0 Å². The maximum absolute atomic E-state index is 11.8. The Hall–Kier alpha value is -1.54.